The molecule has 4 N–H and O–H groups in total. The van der Waals surface area contributed by atoms with Crippen molar-refractivity contribution in [3.05, 3.63) is 40.7 Å². The van der Waals surface area contributed by atoms with Crippen LogP contribution < -0.4 is 10.5 Å². The zero-order chi connectivity index (χ0) is 15.8. The molecule has 1 aromatic carbocycles. The van der Waals surface area contributed by atoms with E-state index in [9.17, 15) is 13.2 Å². The van der Waals surface area contributed by atoms with Crippen LogP contribution in [0.2, 0.25) is 0 Å². The van der Waals surface area contributed by atoms with E-state index in [-0.39, 0.29) is 10.8 Å². The Morgan fingerprint density at radius 3 is 2.24 bits per heavy atom. The minimum absolute atomic E-state index is 0.0231. The molecule has 1 heterocycles. The number of hydrogen-bond acceptors (Lipinski definition) is 4. The van der Waals surface area contributed by atoms with Gasteiger partial charge in [-0.1, -0.05) is 0 Å². The topological polar surface area (TPSA) is 118 Å². The van der Waals surface area contributed by atoms with Crippen molar-refractivity contribution in [3.63, 3.8) is 0 Å². The molecule has 0 bridgehead atoms. The number of benzene rings is 1. The Balaban J connectivity index is 2.38. The molecule has 0 unspecified atom stereocenters. The summed E-state index contributed by atoms with van der Waals surface area (Å²) < 4.78 is 22.8. The van der Waals surface area contributed by atoms with Gasteiger partial charge in [0.25, 0.3) is 5.91 Å². The Labute approximate surface area is 122 Å². The molecule has 0 radical (unpaired) electrons. The number of carbonyl (C=O) groups is 1. The third-order valence-electron chi connectivity index (χ3n) is 3.15. The first-order valence-corrected chi connectivity index (χ1v) is 7.70. The van der Waals surface area contributed by atoms with Gasteiger partial charge < -0.3 is 5.32 Å². The summed E-state index contributed by atoms with van der Waals surface area (Å²) in [5.74, 6) is -0.309. The van der Waals surface area contributed by atoms with Gasteiger partial charge in [0.1, 0.15) is 0 Å². The van der Waals surface area contributed by atoms with Gasteiger partial charge in [-0.05, 0) is 44.0 Å². The Bertz CT molecular complexity index is 786. The first-order chi connectivity index (χ1) is 9.70. The van der Waals surface area contributed by atoms with Gasteiger partial charge in [-0.3, -0.25) is 9.89 Å². The molecule has 0 fully saturated rings. The molecule has 7 nitrogen and oxygen atoms in total. The van der Waals surface area contributed by atoms with Crippen LogP contribution in [0.5, 0.6) is 0 Å². The molecule has 8 heteroatoms. The lowest BCUT2D eigenvalue weighted by Gasteiger charge is -2.13. The van der Waals surface area contributed by atoms with Crippen molar-refractivity contribution in [2.45, 2.75) is 25.7 Å². The molecular weight excluding hydrogens is 292 g/mol. The van der Waals surface area contributed by atoms with Crippen LogP contribution >= 0.6 is 0 Å². The second-order valence-electron chi connectivity index (χ2n) is 4.84. The van der Waals surface area contributed by atoms with E-state index in [1.807, 2.05) is 0 Å². The third-order valence-corrected chi connectivity index (χ3v) is 4.04. The molecule has 0 atom stereocenters. The fourth-order valence-corrected chi connectivity index (χ4v) is 2.73. The highest BCUT2D eigenvalue weighted by atomic mass is 32.2. The molecule has 0 saturated heterocycles. The third kappa shape index (κ3) is 3.11. The summed E-state index contributed by atoms with van der Waals surface area (Å²) in [6.07, 6.45) is 1.44. The maximum absolute atomic E-state index is 12.2. The molecule has 1 aromatic heterocycles. The van der Waals surface area contributed by atoms with Gasteiger partial charge in [0, 0.05) is 11.4 Å². The van der Waals surface area contributed by atoms with E-state index in [1.54, 1.807) is 20.8 Å². The highest BCUT2D eigenvalue weighted by Crippen LogP contribution is 2.24. The Hall–Kier alpha value is -2.19. The largest absolute Gasteiger partial charge is 0.321 e. The second kappa shape index (κ2) is 5.30. The lowest BCUT2D eigenvalue weighted by molar-refractivity contribution is 0.102. The number of H-pyrrole nitrogens is 1. The summed E-state index contributed by atoms with van der Waals surface area (Å²) in [5, 5.41) is 14.4. The predicted molar refractivity (Wildman–Crippen MR) is 78.6 cm³/mol. The highest BCUT2D eigenvalue weighted by molar-refractivity contribution is 7.89. The van der Waals surface area contributed by atoms with Crippen LogP contribution in [0.1, 0.15) is 27.2 Å². The van der Waals surface area contributed by atoms with E-state index in [0.717, 1.165) is 0 Å². The van der Waals surface area contributed by atoms with Crippen molar-refractivity contribution < 1.29 is 13.2 Å². The van der Waals surface area contributed by atoms with E-state index < -0.39 is 10.0 Å². The smallest absolute Gasteiger partial charge is 0.259 e. The summed E-state index contributed by atoms with van der Waals surface area (Å²) in [5.41, 5.74) is 2.89. The van der Waals surface area contributed by atoms with Crippen LogP contribution in [-0.2, 0) is 10.0 Å². The summed E-state index contributed by atoms with van der Waals surface area (Å²) >= 11 is 0. The van der Waals surface area contributed by atoms with Gasteiger partial charge in [-0.25, -0.2) is 13.6 Å². The number of aryl methyl sites for hydroxylation is 3. The van der Waals surface area contributed by atoms with Gasteiger partial charge >= 0.3 is 0 Å². The molecule has 0 aliphatic rings. The standard InChI is InChI=1S/C13H16N4O3S/c1-7-4-10(21(14,19)20)5-8(2)12(7)16-13(18)11-6-15-17-9(11)3/h4-6H,1-3H3,(H,15,17)(H,16,18)(H2,14,19,20). The van der Waals surface area contributed by atoms with Crippen LogP contribution in [0.3, 0.4) is 0 Å². The number of aromatic nitrogens is 2. The summed E-state index contributed by atoms with van der Waals surface area (Å²) in [6.45, 7) is 5.16. The Morgan fingerprint density at radius 1 is 1.24 bits per heavy atom. The fraction of sp³-hybridized carbons (Fsp3) is 0.231. The van der Waals surface area contributed by atoms with Gasteiger partial charge in [0.2, 0.25) is 10.0 Å². The van der Waals surface area contributed by atoms with Crippen LogP contribution in [0.25, 0.3) is 0 Å². The average Bonchev–Trinajstić information content (AvgIpc) is 2.78. The number of sulfonamides is 1. The summed E-state index contributed by atoms with van der Waals surface area (Å²) in [4.78, 5) is 12.2. The van der Waals surface area contributed by atoms with Gasteiger partial charge in [0.15, 0.2) is 0 Å². The Morgan fingerprint density at radius 2 is 1.81 bits per heavy atom. The number of nitrogens with one attached hydrogen (secondary N) is 2. The predicted octanol–water partition coefficient (Wildman–Crippen LogP) is 1.23. The summed E-state index contributed by atoms with van der Waals surface area (Å²) in [7, 11) is -3.77. The highest BCUT2D eigenvalue weighted by Gasteiger charge is 2.16. The lowest BCUT2D eigenvalue weighted by Crippen LogP contribution is -2.16. The minimum Gasteiger partial charge on any atom is -0.321 e. The van der Waals surface area contributed by atoms with Crippen molar-refractivity contribution in [1.29, 1.82) is 0 Å². The zero-order valence-electron chi connectivity index (χ0n) is 11.9. The average molecular weight is 308 g/mol. The zero-order valence-corrected chi connectivity index (χ0v) is 12.7. The van der Waals surface area contributed by atoms with Crippen molar-refractivity contribution in [2.75, 3.05) is 5.32 Å². The minimum atomic E-state index is -3.77. The fourth-order valence-electron chi connectivity index (χ4n) is 2.05. The molecule has 0 aliphatic carbocycles. The number of carbonyl (C=O) groups excluding carboxylic acids is 1. The molecule has 112 valence electrons. The van der Waals surface area contributed by atoms with Gasteiger partial charge in [-0.15, -0.1) is 0 Å². The van der Waals surface area contributed by atoms with E-state index in [0.29, 0.717) is 28.1 Å². The van der Waals surface area contributed by atoms with Crippen molar-refractivity contribution >= 4 is 21.6 Å². The monoisotopic (exact) mass is 308 g/mol. The van der Waals surface area contributed by atoms with Gasteiger partial charge in [0.05, 0.1) is 16.7 Å². The maximum Gasteiger partial charge on any atom is 0.259 e. The molecule has 0 spiro atoms. The van der Waals surface area contributed by atoms with Crippen LogP contribution in [-0.4, -0.2) is 24.5 Å². The Kier molecular flexibility index (Phi) is 3.84. The SMILES string of the molecule is Cc1cc(S(N)(=O)=O)cc(C)c1NC(=O)c1cn[nH]c1C. The van der Waals surface area contributed by atoms with Gasteiger partial charge in [-0.2, -0.15) is 5.10 Å². The molecular formula is C13H16N4O3S. The molecule has 0 saturated carbocycles. The lowest BCUT2D eigenvalue weighted by atomic mass is 10.1. The van der Waals surface area contributed by atoms with Crippen molar-refractivity contribution in [2.24, 2.45) is 5.14 Å². The first kappa shape index (κ1) is 15.2. The van der Waals surface area contributed by atoms with Crippen molar-refractivity contribution in [1.82, 2.24) is 10.2 Å². The van der Waals surface area contributed by atoms with E-state index in [4.69, 9.17) is 5.14 Å². The van der Waals surface area contributed by atoms with Crippen LogP contribution in [0.15, 0.2) is 23.2 Å². The number of nitrogens with zero attached hydrogens (tertiary/aromatic N) is 1. The first-order valence-electron chi connectivity index (χ1n) is 6.15. The molecule has 2 aromatic rings. The van der Waals surface area contributed by atoms with E-state index in [1.165, 1.54) is 18.3 Å². The van der Waals surface area contributed by atoms with Crippen molar-refractivity contribution in [3.8, 4) is 0 Å². The maximum atomic E-state index is 12.2. The molecule has 21 heavy (non-hydrogen) atoms. The number of nitrogens with two attached hydrogens (primary N) is 1. The molecule has 2 rings (SSSR count). The number of rotatable bonds is 3. The second-order valence-corrected chi connectivity index (χ2v) is 6.40. The van der Waals surface area contributed by atoms with Crippen LogP contribution in [0, 0.1) is 20.8 Å². The van der Waals surface area contributed by atoms with E-state index in [2.05, 4.69) is 15.5 Å². The number of amides is 1. The number of anilines is 1. The number of aromatic amines is 1. The number of hydrogen-bond donors (Lipinski definition) is 3. The molecule has 0 aliphatic heterocycles. The normalized spacial score (nSPS) is 11.4. The quantitative estimate of drug-likeness (QED) is 0.790. The molecule has 1 amide bonds. The van der Waals surface area contributed by atoms with Crippen LogP contribution in [0.4, 0.5) is 5.69 Å². The summed E-state index contributed by atoms with van der Waals surface area (Å²) in [6, 6.07) is 2.86. The van der Waals surface area contributed by atoms with E-state index >= 15 is 0 Å². The number of primary sulfonamides is 1.